The van der Waals surface area contributed by atoms with Crippen molar-refractivity contribution < 1.29 is 14.6 Å². The first-order valence-corrected chi connectivity index (χ1v) is 8.01. The number of hydrogen-bond donors (Lipinski definition) is 1. The van der Waals surface area contributed by atoms with Gasteiger partial charge in [0.2, 0.25) is 0 Å². The lowest BCUT2D eigenvalue weighted by molar-refractivity contribution is -0.142. The third kappa shape index (κ3) is 4.14. The monoisotopic (exact) mass is 323 g/mol. The van der Waals surface area contributed by atoms with Gasteiger partial charge in [0.25, 0.3) is 0 Å². The summed E-state index contributed by atoms with van der Waals surface area (Å²) in [6.45, 7) is 3.64. The van der Waals surface area contributed by atoms with Crippen molar-refractivity contribution in [2.45, 2.75) is 33.1 Å². The van der Waals surface area contributed by atoms with Crippen molar-refractivity contribution in [3.8, 4) is 28.7 Å². The zero-order chi connectivity index (χ0) is 17.6. The Morgan fingerprint density at radius 3 is 2.17 bits per heavy atom. The van der Waals surface area contributed by atoms with Gasteiger partial charge in [-0.2, -0.15) is 5.26 Å². The van der Waals surface area contributed by atoms with Crippen LogP contribution in [0.2, 0.25) is 0 Å². The predicted molar refractivity (Wildman–Crippen MR) is 92.4 cm³/mol. The molecule has 1 atom stereocenters. The smallest absolute Gasteiger partial charge is 0.331 e. The topological polar surface area (TPSA) is 70.3 Å². The Morgan fingerprint density at radius 1 is 1.12 bits per heavy atom. The zero-order valence-corrected chi connectivity index (χ0v) is 14.0. The standard InChI is InChI=1S/C20H21NO3/c1-3-4-13-20(2,14-21)19(23)24-18-11-7-16(8-12-18)15-5-9-17(22)10-6-15/h5-12,22H,3-4,13H2,1-2H3. The van der Waals surface area contributed by atoms with E-state index in [-0.39, 0.29) is 5.75 Å². The molecule has 2 aromatic carbocycles. The third-order valence-electron chi connectivity index (χ3n) is 3.99. The Kier molecular flexibility index (Phi) is 5.59. The summed E-state index contributed by atoms with van der Waals surface area (Å²) in [5.74, 6) is 0.114. The molecule has 0 aliphatic carbocycles. The summed E-state index contributed by atoms with van der Waals surface area (Å²) < 4.78 is 5.38. The fraction of sp³-hybridized carbons (Fsp3) is 0.300. The maximum absolute atomic E-state index is 12.3. The SMILES string of the molecule is CCCCC(C)(C#N)C(=O)Oc1ccc(-c2ccc(O)cc2)cc1. The average molecular weight is 323 g/mol. The Balaban J connectivity index is 2.09. The molecule has 0 amide bonds. The highest BCUT2D eigenvalue weighted by molar-refractivity contribution is 5.81. The molecule has 0 fully saturated rings. The molecule has 1 unspecified atom stereocenters. The van der Waals surface area contributed by atoms with Gasteiger partial charge in [-0.25, -0.2) is 4.79 Å². The van der Waals surface area contributed by atoms with E-state index in [0.717, 1.165) is 24.0 Å². The first-order valence-electron chi connectivity index (χ1n) is 8.01. The van der Waals surface area contributed by atoms with Crippen LogP contribution in [0.5, 0.6) is 11.5 Å². The van der Waals surface area contributed by atoms with Crippen LogP contribution < -0.4 is 4.74 Å². The molecular weight excluding hydrogens is 302 g/mol. The molecular formula is C20H21NO3. The van der Waals surface area contributed by atoms with Crippen LogP contribution >= 0.6 is 0 Å². The first kappa shape index (κ1) is 17.6. The highest BCUT2D eigenvalue weighted by Crippen LogP contribution is 2.28. The number of benzene rings is 2. The van der Waals surface area contributed by atoms with Crippen molar-refractivity contribution in [3.63, 3.8) is 0 Å². The number of nitriles is 1. The molecule has 2 rings (SSSR count). The molecule has 4 heteroatoms. The van der Waals surface area contributed by atoms with Crippen molar-refractivity contribution in [1.82, 2.24) is 0 Å². The van der Waals surface area contributed by atoms with Crippen LogP contribution in [-0.2, 0) is 4.79 Å². The van der Waals surface area contributed by atoms with Crippen molar-refractivity contribution in [2.24, 2.45) is 5.41 Å². The number of aromatic hydroxyl groups is 1. The summed E-state index contributed by atoms with van der Waals surface area (Å²) in [6, 6.07) is 16.0. The molecule has 0 heterocycles. The van der Waals surface area contributed by atoms with Gasteiger partial charge in [-0.3, -0.25) is 0 Å². The molecule has 0 saturated heterocycles. The second-order valence-corrected chi connectivity index (χ2v) is 6.01. The minimum atomic E-state index is -1.12. The molecule has 4 nitrogen and oxygen atoms in total. The normalized spacial score (nSPS) is 12.9. The number of esters is 1. The first-order chi connectivity index (χ1) is 11.5. The predicted octanol–water partition coefficient (Wildman–Crippen LogP) is 4.68. The van der Waals surface area contributed by atoms with Crippen LogP contribution in [0.1, 0.15) is 33.1 Å². The molecule has 0 aliphatic heterocycles. The number of nitrogens with zero attached hydrogens (tertiary/aromatic N) is 1. The summed E-state index contributed by atoms with van der Waals surface area (Å²) in [4.78, 5) is 12.3. The molecule has 0 saturated carbocycles. The Bertz CT molecular complexity index is 729. The van der Waals surface area contributed by atoms with Crippen molar-refractivity contribution >= 4 is 5.97 Å². The van der Waals surface area contributed by atoms with Gasteiger partial charge in [-0.15, -0.1) is 0 Å². The molecule has 1 N–H and O–H groups in total. The van der Waals surface area contributed by atoms with Crippen molar-refractivity contribution in [3.05, 3.63) is 48.5 Å². The number of phenols is 1. The van der Waals surface area contributed by atoms with E-state index in [0.29, 0.717) is 12.2 Å². The summed E-state index contributed by atoms with van der Waals surface area (Å²) >= 11 is 0. The second-order valence-electron chi connectivity index (χ2n) is 6.01. The van der Waals surface area contributed by atoms with E-state index >= 15 is 0 Å². The maximum atomic E-state index is 12.3. The Labute approximate surface area is 142 Å². The van der Waals surface area contributed by atoms with Crippen LogP contribution in [0.3, 0.4) is 0 Å². The Hall–Kier alpha value is -2.80. The Morgan fingerprint density at radius 2 is 1.67 bits per heavy atom. The zero-order valence-electron chi connectivity index (χ0n) is 14.0. The minimum Gasteiger partial charge on any atom is -0.508 e. The van der Waals surface area contributed by atoms with E-state index < -0.39 is 11.4 Å². The van der Waals surface area contributed by atoms with Gasteiger partial charge in [-0.05, 0) is 48.7 Å². The van der Waals surface area contributed by atoms with Gasteiger partial charge < -0.3 is 9.84 Å². The van der Waals surface area contributed by atoms with Crippen molar-refractivity contribution in [1.29, 1.82) is 5.26 Å². The van der Waals surface area contributed by atoms with Gasteiger partial charge in [0.1, 0.15) is 11.5 Å². The minimum absolute atomic E-state index is 0.215. The highest BCUT2D eigenvalue weighted by Gasteiger charge is 2.34. The van der Waals surface area contributed by atoms with E-state index in [2.05, 4.69) is 6.07 Å². The largest absolute Gasteiger partial charge is 0.508 e. The number of carbonyl (C=O) groups is 1. The molecule has 0 radical (unpaired) electrons. The number of unbranched alkanes of at least 4 members (excludes halogenated alkanes) is 1. The van der Waals surface area contributed by atoms with E-state index in [1.165, 1.54) is 0 Å². The van der Waals surface area contributed by atoms with Gasteiger partial charge in [0.15, 0.2) is 5.41 Å². The van der Waals surface area contributed by atoms with E-state index in [1.54, 1.807) is 31.2 Å². The fourth-order valence-corrected chi connectivity index (χ4v) is 2.32. The van der Waals surface area contributed by atoms with Gasteiger partial charge in [0, 0.05) is 0 Å². The van der Waals surface area contributed by atoms with E-state index in [9.17, 15) is 15.2 Å². The lowest BCUT2D eigenvalue weighted by Gasteiger charge is -2.19. The van der Waals surface area contributed by atoms with E-state index in [4.69, 9.17) is 4.74 Å². The summed E-state index contributed by atoms with van der Waals surface area (Å²) in [5.41, 5.74) is 0.783. The van der Waals surface area contributed by atoms with Crippen molar-refractivity contribution in [2.75, 3.05) is 0 Å². The summed E-state index contributed by atoms with van der Waals surface area (Å²) in [6.07, 6.45) is 2.22. The molecule has 2 aromatic rings. The number of ether oxygens (including phenoxy) is 1. The molecule has 0 aliphatic rings. The van der Waals surface area contributed by atoms with Crippen LogP contribution in [0.4, 0.5) is 0 Å². The molecule has 24 heavy (non-hydrogen) atoms. The molecule has 0 bridgehead atoms. The molecule has 124 valence electrons. The van der Waals surface area contributed by atoms with Gasteiger partial charge >= 0.3 is 5.97 Å². The number of phenolic OH excluding ortho intramolecular Hbond substituents is 1. The van der Waals surface area contributed by atoms with Crippen LogP contribution in [0.25, 0.3) is 11.1 Å². The highest BCUT2D eigenvalue weighted by atomic mass is 16.5. The average Bonchev–Trinajstić information content (AvgIpc) is 2.61. The summed E-state index contributed by atoms with van der Waals surface area (Å²) in [7, 11) is 0. The molecule has 0 spiro atoms. The van der Waals surface area contributed by atoms with Gasteiger partial charge in [0.05, 0.1) is 6.07 Å². The number of carbonyl (C=O) groups excluding carboxylic acids is 1. The second kappa shape index (κ2) is 7.65. The maximum Gasteiger partial charge on any atom is 0.331 e. The fourth-order valence-electron chi connectivity index (χ4n) is 2.32. The quantitative estimate of drug-likeness (QED) is 0.618. The van der Waals surface area contributed by atoms with Crippen LogP contribution in [0, 0.1) is 16.7 Å². The van der Waals surface area contributed by atoms with E-state index in [1.807, 2.05) is 31.2 Å². The number of hydrogen-bond acceptors (Lipinski definition) is 4. The molecule has 0 aromatic heterocycles. The van der Waals surface area contributed by atoms with Crippen LogP contribution in [0.15, 0.2) is 48.5 Å². The summed E-state index contributed by atoms with van der Waals surface area (Å²) in [5, 5.41) is 18.6. The lowest BCUT2D eigenvalue weighted by Crippen LogP contribution is -2.30. The van der Waals surface area contributed by atoms with Crippen LogP contribution in [-0.4, -0.2) is 11.1 Å². The van der Waals surface area contributed by atoms with Gasteiger partial charge in [-0.1, -0.05) is 44.0 Å². The number of rotatable bonds is 6. The lowest BCUT2D eigenvalue weighted by atomic mass is 9.87. The third-order valence-corrected chi connectivity index (χ3v) is 3.99.